The summed E-state index contributed by atoms with van der Waals surface area (Å²) in [6.45, 7) is 8.55. The molecule has 0 aliphatic heterocycles. The summed E-state index contributed by atoms with van der Waals surface area (Å²) in [7, 11) is -2.04. The summed E-state index contributed by atoms with van der Waals surface area (Å²) in [5.74, 6) is 0.504. The summed E-state index contributed by atoms with van der Waals surface area (Å²) in [4.78, 5) is 28.2. The Balaban J connectivity index is 2.26. The number of hydrogen-bond acceptors (Lipinski definition) is 5. The predicted octanol–water partition coefficient (Wildman–Crippen LogP) is 4.78. The van der Waals surface area contributed by atoms with Crippen LogP contribution >= 0.6 is 11.6 Å². The highest BCUT2D eigenvalue weighted by Crippen LogP contribution is 2.27. The summed E-state index contributed by atoms with van der Waals surface area (Å²) in [6.07, 6.45) is 1.92. The van der Waals surface area contributed by atoms with Crippen molar-refractivity contribution in [1.82, 2.24) is 10.2 Å². The van der Waals surface area contributed by atoms with Crippen LogP contribution in [-0.4, -0.2) is 57.6 Å². The van der Waals surface area contributed by atoms with E-state index in [1.165, 1.54) is 4.31 Å². The highest BCUT2D eigenvalue weighted by molar-refractivity contribution is 7.92. The molecule has 38 heavy (non-hydrogen) atoms. The Morgan fingerprint density at radius 3 is 2.45 bits per heavy atom. The molecule has 210 valence electrons. The van der Waals surface area contributed by atoms with Crippen molar-refractivity contribution < 1.29 is 22.7 Å². The Morgan fingerprint density at radius 1 is 1.13 bits per heavy atom. The van der Waals surface area contributed by atoms with E-state index >= 15 is 0 Å². The lowest BCUT2D eigenvalue weighted by Gasteiger charge is -2.31. The average molecular weight is 566 g/mol. The molecule has 2 aromatic rings. The van der Waals surface area contributed by atoms with Crippen molar-refractivity contribution in [3.05, 3.63) is 58.6 Å². The fourth-order valence-electron chi connectivity index (χ4n) is 4.14. The largest absolute Gasteiger partial charge is 0.497 e. The highest BCUT2D eigenvalue weighted by Gasteiger charge is 2.29. The number of anilines is 1. The SMILES string of the molecule is CCC(C(=O)NCC(C)C)N(Cc1cccc(OC)c1)C(=O)CCCN(c1cc(Cl)ccc1C)S(C)(=O)=O. The number of amides is 2. The molecular weight excluding hydrogens is 526 g/mol. The predicted molar refractivity (Wildman–Crippen MR) is 153 cm³/mol. The van der Waals surface area contributed by atoms with Crippen LogP contribution in [0.5, 0.6) is 5.75 Å². The highest BCUT2D eigenvalue weighted by atomic mass is 35.5. The molecule has 10 heteroatoms. The lowest BCUT2D eigenvalue weighted by atomic mass is 10.1. The van der Waals surface area contributed by atoms with E-state index in [0.29, 0.717) is 29.4 Å². The van der Waals surface area contributed by atoms with Gasteiger partial charge in [-0.25, -0.2) is 8.42 Å². The van der Waals surface area contributed by atoms with E-state index in [0.717, 1.165) is 17.4 Å². The van der Waals surface area contributed by atoms with Gasteiger partial charge in [-0.15, -0.1) is 0 Å². The third-order valence-electron chi connectivity index (χ3n) is 6.15. The maximum Gasteiger partial charge on any atom is 0.242 e. The van der Waals surface area contributed by atoms with Gasteiger partial charge in [0.25, 0.3) is 0 Å². The number of halogens is 1. The quantitative estimate of drug-likeness (QED) is 0.355. The molecule has 0 saturated carbocycles. The van der Waals surface area contributed by atoms with Crippen molar-refractivity contribution >= 4 is 39.1 Å². The zero-order valence-corrected chi connectivity index (χ0v) is 24.7. The molecule has 2 amide bonds. The third-order valence-corrected chi connectivity index (χ3v) is 7.56. The summed E-state index contributed by atoms with van der Waals surface area (Å²) >= 11 is 6.13. The van der Waals surface area contributed by atoms with Gasteiger partial charge in [0.1, 0.15) is 11.8 Å². The van der Waals surface area contributed by atoms with Gasteiger partial charge in [-0.3, -0.25) is 13.9 Å². The Bertz CT molecular complexity index is 1200. The van der Waals surface area contributed by atoms with E-state index in [9.17, 15) is 18.0 Å². The number of aryl methyl sites for hydroxylation is 1. The first-order chi connectivity index (χ1) is 17.9. The van der Waals surface area contributed by atoms with E-state index in [2.05, 4.69) is 5.32 Å². The number of carbonyl (C=O) groups excluding carboxylic acids is 2. The molecule has 0 heterocycles. The van der Waals surface area contributed by atoms with Gasteiger partial charge in [0.05, 0.1) is 19.1 Å². The molecule has 0 aromatic heterocycles. The summed E-state index contributed by atoms with van der Waals surface area (Å²) in [5.41, 5.74) is 2.08. The Labute approximate surface area is 232 Å². The topological polar surface area (TPSA) is 96.0 Å². The normalized spacial score (nSPS) is 12.2. The Kier molecular flexibility index (Phi) is 11.9. The van der Waals surface area contributed by atoms with Crippen molar-refractivity contribution in [3.63, 3.8) is 0 Å². The molecule has 2 aromatic carbocycles. The average Bonchev–Trinajstić information content (AvgIpc) is 2.86. The molecule has 1 atom stereocenters. The van der Waals surface area contributed by atoms with Crippen LogP contribution in [-0.2, 0) is 26.2 Å². The van der Waals surface area contributed by atoms with Crippen molar-refractivity contribution in [2.75, 3.05) is 30.8 Å². The number of sulfonamides is 1. The number of carbonyl (C=O) groups is 2. The smallest absolute Gasteiger partial charge is 0.242 e. The first kappa shape index (κ1) is 31.4. The Morgan fingerprint density at radius 2 is 1.84 bits per heavy atom. The van der Waals surface area contributed by atoms with E-state index in [4.69, 9.17) is 16.3 Å². The van der Waals surface area contributed by atoms with Gasteiger partial charge >= 0.3 is 0 Å². The number of hydrogen-bond donors (Lipinski definition) is 1. The molecule has 0 spiro atoms. The zero-order chi connectivity index (χ0) is 28.5. The third kappa shape index (κ3) is 9.20. The molecule has 0 bridgehead atoms. The fourth-order valence-corrected chi connectivity index (χ4v) is 5.32. The van der Waals surface area contributed by atoms with Crippen LogP contribution < -0.4 is 14.4 Å². The molecule has 0 aliphatic carbocycles. The van der Waals surface area contributed by atoms with Crippen LogP contribution in [0.3, 0.4) is 0 Å². The minimum atomic E-state index is -3.61. The zero-order valence-electron chi connectivity index (χ0n) is 23.2. The van der Waals surface area contributed by atoms with Gasteiger partial charge in [-0.05, 0) is 61.1 Å². The van der Waals surface area contributed by atoms with Crippen LogP contribution in [0.15, 0.2) is 42.5 Å². The number of ether oxygens (including phenoxy) is 1. The van der Waals surface area contributed by atoms with Crippen molar-refractivity contribution in [1.29, 1.82) is 0 Å². The molecule has 1 unspecified atom stereocenters. The molecule has 0 fully saturated rings. The van der Waals surface area contributed by atoms with E-state index in [1.807, 2.05) is 52.0 Å². The first-order valence-corrected chi connectivity index (χ1v) is 15.0. The van der Waals surface area contributed by atoms with Crippen molar-refractivity contribution in [2.24, 2.45) is 5.92 Å². The number of nitrogens with zero attached hydrogens (tertiary/aromatic N) is 2. The molecule has 8 nitrogen and oxygen atoms in total. The number of methoxy groups -OCH3 is 1. The monoisotopic (exact) mass is 565 g/mol. The standard InChI is InChI=1S/C28H40ClN3O5S/c1-7-25(28(34)30-18-20(2)3)31(19-22-10-8-11-24(16-22)37-5)27(33)12-9-15-32(38(6,35)36)26-17-23(29)14-13-21(26)4/h8,10-11,13-14,16-17,20,25H,7,9,12,15,18-19H2,1-6H3,(H,30,34). The first-order valence-electron chi connectivity index (χ1n) is 12.8. The number of nitrogens with one attached hydrogen (secondary N) is 1. The fraction of sp³-hybridized carbons (Fsp3) is 0.500. The second-order valence-electron chi connectivity index (χ2n) is 9.81. The second kappa shape index (κ2) is 14.4. The molecular formula is C28H40ClN3O5S. The molecule has 2 rings (SSSR count). The summed E-state index contributed by atoms with van der Waals surface area (Å²) < 4.78 is 31.8. The summed E-state index contributed by atoms with van der Waals surface area (Å²) in [5, 5.41) is 3.38. The number of rotatable bonds is 14. The van der Waals surface area contributed by atoms with E-state index in [-0.39, 0.29) is 43.7 Å². The van der Waals surface area contributed by atoms with Gasteiger partial charge in [0.2, 0.25) is 21.8 Å². The maximum absolute atomic E-state index is 13.6. The van der Waals surface area contributed by atoms with Gasteiger partial charge in [-0.1, -0.05) is 50.6 Å². The molecule has 0 saturated heterocycles. The van der Waals surface area contributed by atoms with Gasteiger partial charge in [0, 0.05) is 31.1 Å². The second-order valence-corrected chi connectivity index (χ2v) is 12.1. The minimum Gasteiger partial charge on any atom is -0.497 e. The summed E-state index contributed by atoms with van der Waals surface area (Å²) in [6, 6.07) is 11.8. The van der Waals surface area contributed by atoms with Crippen LogP contribution in [0, 0.1) is 12.8 Å². The van der Waals surface area contributed by atoms with Crippen molar-refractivity contribution in [3.8, 4) is 5.75 Å². The lowest BCUT2D eigenvalue weighted by Crippen LogP contribution is -2.49. The molecule has 1 N–H and O–H groups in total. The van der Waals surface area contributed by atoms with Crippen molar-refractivity contribution in [2.45, 2.75) is 59.5 Å². The number of benzene rings is 2. The van der Waals surface area contributed by atoms with E-state index < -0.39 is 16.1 Å². The maximum atomic E-state index is 13.6. The molecule has 0 aliphatic rings. The molecule has 0 radical (unpaired) electrons. The van der Waals surface area contributed by atoms with E-state index in [1.54, 1.807) is 30.2 Å². The van der Waals surface area contributed by atoms with Gasteiger partial charge in [-0.2, -0.15) is 0 Å². The van der Waals surface area contributed by atoms with Crippen LogP contribution in [0.25, 0.3) is 0 Å². The van der Waals surface area contributed by atoms with Crippen LogP contribution in [0.4, 0.5) is 5.69 Å². The minimum absolute atomic E-state index is 0.0730. The lowest BCUT2D eigenvalue weighted by molar-refractivity contribution is -0.141. The van der Waals surface area contributed by atoms with Crippen LogP contribution in [0.1, 0.15) is 51.2 Å². The van der Waals surface area contributed by atoms with Gasteiger partial charge < -0.3 is 15.0 Å². The van der Waals surface area contributed by atoms with Crippen LogP contribution in [0.2, 0.25) is 5.02 Å². The Hall–Kier alpha value is -2.78. The van der Waals surface area contributed by atoms with Gasteiger partial charge in [0.15, 0.2) is 0 Å².